The Morgan fingerprint density at radius 2 is 1.82 bits per heavy atom. The lowest BCUT2D eigenvalue weighted by molar-refractivity contribution is 0.102. The molecule has 2 aromatic carbocycles. The number of benzene rings is 2. The van der Waals surface area contributed by atoms with Gasteiger partial charge in [-0.05, 0) is 49.6 Å². The van der Waals surface area contributed by atoms with Gasteiger partial charge in [-0.2, -0.15) is 0 Å². The lowest BCUT2D eigenvalue weighted by Gasteiger charge is -2.10. The van der Waals surface area contributed by atoms with Crippen LogP contribution in [0.3, 0.4) is 0 Å². The number of hydrogen-bond donors (Lipinski definition) is 2. The highest BCUT2D eigenvalue weighted by atomic mass is 32.2. The average Bonchev–Trinajstić information content (AvgIpc) is 3.15. The third kappa shape index (κ3) is 4.71. The van der Waals surface area contributed by atoms with Crippen molar-refractivity contribution in [3.05, 3.63) is 70.4 Å². The number of carbonyl (C=O) groups is 1. The van der Waals surface area contributed by atoms with E-state index in [9.17, 15) is 13.2 Å². The molecule has 3 aromatic rings. The second kappa shape index (κ2) is 8.45. The van der Waals surface area contributed by atoms with Crippen molar-refractivity contribution in [1.82, 2.24) is 0 Å². The lowest BCUT2D eigenvalue weighted by Crippen LogP contribution is -2.18. The first kappa shape index (κ1) is 19.9. The number of carbonyl (C=O) groups excluding carboxylic acids is 1. The molecular formula is C20H20N2O4S2. The second-order valence-corrected chi connectivity index (χ2v) is 8.57. The van der Waals surface area contributed by atoms with Gasteiger partial charge in [0, 0.05) is 17.4 Å². The molecule has 6 nitrogen and oxygen atoms in total. The van der Waals surface area contributed by atoms with Gasteiger partial charge in [0.25, 0.3) is 15.9 Å². The molecule has 1 heterocycles. The zero-order chi connectivity index (χ0) is 20.1. The normalized spacial score (nSPS) is 11.1. The van der Waals surface area contributed by atoms with Crippen molar-refractivity contribution in [3.63, 3.8) is 0 Å². The van der Waals surface area contributed by atoms with Crippen molar-refractivity contribution in [3.8, 4) is 5.75 Å². The summed E-state index contributed by atoms with van der Waals surface area (Å²) in [5.74, 6) is 0.133. The van der Waals surface area contributed by atoms with Crippen molar-refractivity contribution in [2.75, 3.05) is 16.6 Å². The Bertz CT molecular complexity index is 1070. The van der Waals surface area contributed by atoms with Crippen LogP contribution < -0.4 is 14.8 Å². The van der Waals surface area contributed by atoms with E-state index in [2.05, 4.69) is 10.0 Å². The van der Waals surface area contributed by atoms with E-state index in [1.54, 1.807) is 41.8 Å². The first-order valence-electron chi connectivity index (χ1n) is 8.60. The molecule has 28 heavy (non-hydrogen) atoms. The molecule has 0 fully saturated rings. The van der Waals surface area contributed by atoms with E-state index in [4.69, 9.17) is 4.74 Å². The van der Waals surface area contributed by atoms with Gasteiger partial charge in [0.05, 0.1) is 6.61 Å². The molecule has 0 aliphatic carbocycles. The van der Waals surface area contributed by atoms with E-state index in [0.29, 0.717) is 23.7 Å². The zero-order valence-corrected chi connectivity index (χ0v) is 17.1. The number of hydrogen-bond acceptors (Lipinski definition) is 5. The Morgan fingerprint density at radius 1 is 1.07 bits per heavy atom. The molecule has 0 saturated carbocycles. The van der Waals surface area contributed by atoms with Crippen molar-refractivity contribution in [1.29, 1.82) is 0 Å². The maximum absolute atomic E-state index is 12.8. The second-order valence-electron chi connectivity index (χ2n) is 6.00. The molecule has 0 aliphatic heterocycles. The Balaban J connectivity index is 1.81. The summed E-state index contributed by atoms with van der Waals surface area (Å²) < 4.78 is 33.4. The predicted molar refractivity (Wildman–Crippen MR) is 112 cm³/mol. The molecule has 1 amide bonds. The standard InChI is InChI=1S/C20H20N2O4S2/c1-3-26-17-6-4-5-16(13-17)21-20(23)19-18(11-12-27-19)28(24,25)22-15-9-7-14(2)8-10-15/h4-13,22H,3H2,1-2H3,(H,21,23). The molecule has 146 valence electrons. The fourth-order valence-electron chi connectivity index (χ4n) is 2.52. The van der Waals surface area contributed by atoms with Crippen LogP contribution in [-0.2, 0) is 10.0 Å². The summed E-state index contributed by atoms with van der Waals surface area (Å²) in [4.78, 5) is 12.7. The number of thiophene rings is 1. The third-order valence-corrected chi connectivity index (χ3v) is 6.30. The molecule has 8 heteroatoms. The van der Waals surface area contributed by atoms with Crippen LogP contribution in [0.5, 0.6) is 5.75 Å². The summed E-state index contributed by atoms with van der Waals surface area (Å²) in [7, 11) is -3.89. The van der Waals surface area contributed by atoms with Crippen molar-refractivity contribution in [2.24, 2.45) is 0 Å². The van der Waals surface area contributed by atoms with Gasteiger partial charge in [0.15, 0.2) is 0 Å². The maximum atomic E-state index is 12.8. The zero-order valence-electron chi connectivity index (χ0n) is 15.4. The van der Waals surface area contributed by atoms with Crippen LogP contribution in [0.4, 0.5) is 11.4 Å². The predicted octanol–water partition coefficient (Wildman–Crippen LogP) is 4.51. The minimum Gasteiger partial charge on any atom is -0.494 e. The van der Waals surface area contributed by atoms with E-state index < -0.39 is 15.9 Å². The highest BCUT2D eigenvalue weighted by Gasteiger charge is 2.24. The minimum absolute atomic E-state index is 0.0588. The highest BCUT2D eigenvalue weighted by molar-refractivity contribution is 7.93. The molecule has 0 bridgehead atoms. The van der Waals surface area contributed by atoms with Gasteiger partial charge < -0.3 is 10.1 Å². The molecule has 0 radical (unpaired) electrons. The van der Waals surface area contributed by atoms with E-state index in [1.807, 2.05) is 26.0 Å². The van der Waals surface area contributed by atoms with Crippen LogP contribution in [0.15, 0.2) is 64.9 Å². The molecule has 0 unspecified atom stereocenters. The number of rotatable bonds is 7. The average molecular weight is 417 g/mol. The maximum Gasteiger partial charge on any atom is 0.267 e. The molecule has 2 N–H and O–H groups in total. The largest absolute Gasteiger partial charge is 0.494 e. The first-order chi connectivity index (χ1) is 13.4. The highest BCUT2D eigenvalue weighted by Crippen LogP contribution is 2.26. The van der Waals surface area contributed by atoms with Gasteiger partial charge in [-0.25, -0.2) is 8.42 Å². The number of nitrogens with one attached hydrogen (secondary N) is 2. The molecular weight excluding hydrogens is 396 g/mol. The number of anilines is 2. The number of ether oxygens (including phenoxy) is 1. The summed E-state index contributed by atoms with van der Waals surface area (Å²) in [6.45, 7) is 4.30. The monoisotopic (exact) mass is 416 g/mol. The van der Waals surface area contributed by atoms with Crippen LogP contribution in [0, 0.1) is 6.92 Å². The van der Waals surface area contributed by atoms with Gasteiger partial charge in [0.2, 0.25) is 0 Å². The van der Waals surface area contributed by atoms with Crippen LogP contribution in [0.1, 0.15) is 22.2 Å². The Kier molecular flexibility index (Phi) is 6.01. The first-order valence-corrected chi connectivity index (χ1v) is 11.0. The molecule has 1 aromatic heterocycles. The summed E-state index contributed by atoms with van der Waals surface area (Å²) >= 11 is 1.07. The molecule has 0 saturated heterocycles. The molecule has 0 spiro atoms. The van der Waals surface area contributed by atoms with E-state index in [-0.39, 0.29) is 9.77 Å². The van der Waals surface area contributed by atoms with Gasteiger partial charge >= 0.3 is 0 Å². The number of sulfonamides is 1. The smallest absolute Gasteiger partial charge is 0.267 e. The fraction of sp³-hybridized carbons (Fsp3) is 0.150. The Hall–Kier alpha value is -2.84. The molecule has 0 aliphatic rings. The molecule has 3 rings (SSSR count). The van der Waals surface area contributed by atoms with Gasteiger partial charge in [-0.1, -0.05) is 23.8 Å². The van der Waals surface area contributed by atoms with Crippen molar-refractivity contribution >= 4 is 38.6 Å². The van der Waals surface area contributed by atoms with E-state index >= 15 is 0 Å². The van der Waals surface area contributed by atoms with Gasteiger partial charge in [-0.15, -0.1) is 11.3 Å². The topological polar surface area (TPSA) is 84.5 Å². The number of amides is 1. The molecule has 0 atom stereocenters. The summed E-state index contributed by atoms with van der Waals surface area (Å²) in [6, 6.07) is 15.3. The number of aryl methyl sites for hydroxylation is 1. The van der Waals surface area contributed by atoms with Crippen LogP contribution in [0.2, 0.25) is 0 Å². The summed E-state index contributed by atoms with van der Waals surface area (Å²) in [5, 5.41) is 4.30. The van der Waals surface area contributed by atoms with Crippen molar-refractivity contribution in [2.45, 2.75) is 18.7 Å². The minimum atomic E-state index is -3.89. The Labute approximate surface area is 168 Å². The van der Waals surface area contributed by atoms with Crippen molar-refractivity contribution < 1.29 is 17.9 Å². The summed E-state index contributed by atoms with van der Waals surface area (Å²) in [5.41, 5.74) is 1.99. The van der Waals surface area contributed by atoms with Crippen LogP contribution in [-0.4, -0.2) is 20.9 Å². The Morgan fingerprint density at radius 3 is 2.54 bits per heavy atom. The summed E-state index contributed by atoms with van der Waals surface area (Å²) in [6.07, 6.45) is 0. The third-order valence-electron chi connectivity index (χ3n) is 3.83. The van der Waals surface area contributed by atoms with Gasteiger partial charge in [0.1, 0.15) is 15.5 Å². The SMILES string of the molecule is CCOc1cccc(NC(=O)c2sccc2S(=O)(=O)Nc2ccc(C)cc2)c1. The van der Waals surface area contributed by atoms with Crippen LogP contribution in [0.25, 0.3) is 0 Å². The van der Waals surface area contributed by atoms with E-state index in [1.165, 1.54) is 6.07 Å². The van der Waals surface area contributed by atoms with Gasteiger partial charge in [-0.3, -0.25) is 9.52 Å². The lowest BCUT2D eigenvalue weighted by atomic mass is 10.2. The van der Waals surface area contributed by atoms with Crippen LogP contribution >= 0.6 is 11.3 Å². The quantitative estimate of drug-likeness (QED) is 0.594. The van der Waals surface area contributed by atoms with E-state index in [0.717, 1.165) is 16.9 Å². The fourth-order valence-corrected chi connectivity index (χ4v) is 4.91.